The lowest BCUT2D eigenvalue weighted by Crippen LogP contribution is -2.45. The number of halogens is 1. The molecule has 112 valence electrons. The van der Waals surface area contributed by atoms with E-state index < -0.39 is 0 Å². The van der Waals surface area contributed by atoms with Crippen molar-refractivity contribution in [3.63, 3.8) is 0 Å². The SMILES string of the molecule is CCCCn1ncc(NCC2(OC)CCC2)c(Cl)c1=O. The van der Waals surface area contributed by atoms with Gasteiger partial charge in [0.1, 0.15) is 5.02 Å². The third kappa shape index (κ3) is 3.15. The van der Waals surface area contributed by atoms with Crippen LogP contribution in [0.2, 0.25) is 5.02 Å². The Bertz CT molecular complexity index is 506. The third-order valence-electron chi connectivity index (χ3n) is 4.01. The Labute approximate surface area is 124 Å². The van der Waals surface area contributed by atoms with Crippen molar-refractivity contribution in [2.45, 2.75) is 51.2 Å². The second-order valence-corrected chi connectivity index (χ2v) is 5.73. The Morgan fingerprint density at radius 1 is 1.55 bits per heavy atom. The Hall–Kier alpha value is -1.07. The first-order valence-corrected chi connectivity index (χ1v) is 7.54. The lowest BCUT2D eigenvalue weighted by molar-refractivity contribution is -0.0601. The highest BCUT2D eigenvalue weighted by molar-refractivity contribution is 6.32. The van der Waals surface area contributed by atoms with E-state index in [-0.39, 0.29) is 16.2 Å². The van der Waals surface area contributed by atoms with E-state index in [0.717, 1.165) is 25.7 Å². The minimum absolute atomic E-state index is 0.111. The van der Waals surface area contributed by atoms with Crippen molar-refractivity contribution in [2.75, 3.05) is 19.0 Å². The fraction of sp³-hybridized carbons (Fsp3) is 0.714. The molecule has 0 amide bonds. The van der Waals surface area contributed by atoms with Gasteiger partial charge in [-0.25, -0.2) is 4.68 Å². The van der Waals surface area contributed by atoms with Gasteiger partial charge >= 0.3 is 0 Å². The van der Waals surface area contributed by atoms with Crippen LogP contribution in [0.5, 0.6) is 0 Å². The van der Waals surface area contributed by atoms with Gasteiger partial charge in [0.2, 0.25) is 0 Å². The van der Waals surface area contributed by atoms with Crippen molar-refractivity contribution in [1.82, 2.24) is 9.78 Å². The molecule has 20 heavy (non-hydrogen) atoms. The maximum atomic E-state index is 12.1. The van der Waals surface area contributed by atoms with Crippen LogP contribution >= 0.6 is 11.6 Å². The van der Waals surface area contributed by atoms with E-state index in [1.807, 2.05) is 0 Å². The molecule has 0 radical (unpaired) electrons. The fourth-order valence-corrected chi connectivity index (χ4v) is 2.55. The van der Waals surface area contributed by atoms with Crippen LogP contribution in [-0.4, -0.2) is 29.0 Å². The molecule has 1 aliphatic rings. The van der Waals surface area contributed by atoms with E-state index >= 15 is 0 Å². The molecule has 1 fully saturated rings. The number of ether oxygens (including phenoxy) is 1. The fourth-order valence-electron chi connectivity index (χ4n) is 2.34. The number of unbranched alkanes of at least 4 members (excludes halogenated alkanes) is 1. The molecular formula is C14H22ClN3O2. The summed E-state index contributed by atoms with van der Waals surface area (Å²) in [7, 11) is 1.73. The van der Waals surface area contributed by atoms with E-state index in [0.29, 0.717) is 18.8 Å². The molecule has 0 saturated heterocycles. The van der Waals surface area contributed by atoms with Crippen LogP contribution in [0.1, 0.15) is 39.0 Å². The van der Waals surface area contributed by atoms with E-state index in [9.17, 15) is 4.79 Å². The van der Waals surface area contributed by atoms with Crippen molar-refractivity contribution in [3.8, 4) is 0 Å². The summed E-state index contributed by atoms with van der Waals surface area (Å²) in [5.74, 6) is 0. The summed E-state index contributed by atoms with van der Waals surface area (Å²) in [5.41, 5.74) is 0.248. The molecule has 5 nitrogen and oxygen atoms in total. The number of methoxy groups -OCH3 is 1. The molecule has 6 heteroatoms. The molecule has 0 aromatic carbocycles. The van der Waals surface area contributed by atoms with Gasteiger partial charge < -0.3 is 10.1 Å². The average molecular weight is 300 g/mol. The lowest BCUT2D eigenvalue weighted by atomic mass is 9.80. The highest BCUT2D eigenvalue weighted by atomic mass is 35.5. The molecule has 1 aromatic rings. The summed E-state index contributed by atoms with van der Waals surface area (Å²) >= 11 is 6.13. The minimum Gasteiger partial charge on any atom is -0.379 e. The maximum Gasteiger partial charge on any atom is 0.287 e. The van der Waals surface area contributed by atoms with Crippen molar-refractivity contribution in [1.29, 1.82) is 0 Å². The molecule has 2 rings (SSSR count). The number of anilines is 1. The number of aromatic nitrogens is 2. The highest BCUT2D eigenvalue weighted by Crippen LogP contribution is 2.35. The van der Waals surface area contributed by atoms with Gasteiger partial charge in [-0.1, -0.05) is 24.9 Å². The van der Waals surface area contributed by atoms with Gasteiger partial charge in [-0.05, 0) is 25.7 Å². The Kier molecular flexibility index (Phi) is 5.05. The second kappa shape index (κ2) is 6.59. The first kappa shape index (κ1) is 15.3. The smallest absolute Gasteiger partial charge is 0.287 e. The maximum absolute atomic E-state index is 12.1. The summed E-state index contributed by atoms with van der Waals surface area (Å²) in [4.78, 5) is 12.1. The summed E-state index contributed by atoms with van der Waals surface area (Å²) in [6, 6.07) is 0. The van der Waals surface area contributed by atoms with Gasteiger partial charge in [-0.3, -0.25) is 4.79 Å². The monoisotopic (exact) mass is 299 g/mol. The van der Waals surface area contributed by atoms with E-state index in [1.54, 1.807) is 13.3 Å². The molecule has 0 unspecified atom stereocenters. The van der Waals surface area contributed by atoms with E-state index in [4.69, 9.17) is 16.3 Å². The zero-order valence-electron chi connectivity index (χ0n) is 12.1. The molecule has 1 aromatic heterocycles. The Morgan fingerprint density at radius 3 is 2.85 bits per heavy atom. The van der Waals surface area contributed by atoms with Crippen molar-refractivity contribution in [3.05, 3.63) is 21.6 Å². The van der Waals surface area contributed by atoms with Gasteiger partial charge in [0.05, 0.1) is 17.5 Å². The Balaban J connectivity index is 2.05. The zero-order valence-corrected chi connectivity index (χ0v) is 12.9. The predicted molar refractivity (Wildman–Crippen MR) is 80.5 cm³/mol. The number of hydrogen-bond donors (Lipinski definition) is 1. The van der Waals surface area contributed by atoms with Gasteiger partial charge in [0.25, 0.3) is 5.56 Å². The Morgan fingerprint density at radius 2 is 2.30 bits per heavy atom. The zero-order chi connectivity index (χ0) is 14.6. The highest BCUT2D eigenvalue weighted by Gasteiger charge is 2.36. The van der Waals surface area contributed by atoms with Crippen LogP contribution in [0.4, 0.5) is 5.69 Å². The number of aryl methyl sites for hydroxylation is 1. The van der Waals surface area contributed by atoms with Crippen LogP contribution in [0, 0.1) is 0 Å². The van der Waals surface area contributed by atoms with Crippen LogP contribution in [-0.2, 0) is 11.3 Å². The van der Waals surface area contributed by atoms with Crippen molar-refractivity contribution < 1.29 is 4.74 Å². The minimum atomic E-state index is -0.231. The number of nitrogens with one attached hydrogen (secondary N) is 1. The number of rotatable bonds is 7. The normalized spacial score (nSPS) is 16.8. The van der Waals surface area contributed by atoms with E-state index in [1.165, 1.54) is 11.1 Å². The van der Waals surface area contributed by atoms with Crippen LogP contribution in [0.15, 0.2) is 11.0 Å². The standard InChI is InChI=1S/C14H22ClN3O2/c1-3-4-8-18-13(19)12(15)11(9-17-18)16-10-14(20-2)6-5-7-14/h9,16H,3-8,10H2,1-2H3. The van der Waals surface area contributed by atoms with Gasteiger partial charge in [0, 0.05) is 20.2 Å². The molecular weight excluding hydrogens is 278 g/mol. The summed E-state index contributed by atoms with van der Waals surface area (Å²) in [6.07, 6.45) is 6.82. The van der Waals surface area contributed by atoms with Gasteiger partial charge in [-0.2, -0.15) is 5.10 Å². The van der Waals surface area contributed by atoms with E-state index in [2.05, 4.69) is 17.3 Å². The quantitative estimate of drug-likeness (QED) is 0.841. The second-order valence-electron chi connectivity index (χ2n) is 5.35. The summed E-state index contributed by atoms with van der Waals surface area (Å²) in [6.45, 7) is 3.34. The van der Waals surface area contributed by atoms with Crippen LogP contribution < -0.4 is 10.9 Å². The molecule has 1 heterocycles. The molecule has 0 bridgehead atoms. The number of hydrogen-bond acceptors (Lipinski definition) is 4. The molecule has 0 aliphatic heterocycles. The summed E-state index contributed by atoms with van der Waals surface area (Å²) in [5, 5.41) is 7.57. The predicted octanol–water partition coefficient (Wildman–Crippen LogP) is 2.68. The summed E-state index contributed by atoms with van der Waals surface area (Å²) < 4.78 is 6.96. The lowest BCUT2D eigenvalue weighted by Gasteiger charge is -2.40. The van der Waals surface area contributed by atoms with Gasteiger partial charge in [-0.15, -0.1) is 0 Å². The first-order chi connectivity index (χ1) is 9.62. The largest absolute Gasteiger partial charge is 0.379 e. The van der Waals surface area contributed by atoms with Gasteiger partial charge in [0.15, 0.2) is 0 Å². The molecule has 0 spiro atoms. The van der Waals surface area contributed by atoms with Crippen molar-refractivity contribution in [2.24, 2.45) is 0 Å². The van der Waals surface area contributed by atoms with Crippen LogP contribution in [0.3, 0.4) is 0 Å². The van der Waals surface area contributed by atoms with Crippen molar-refractivity contribution >= 4 is 17.3 Å². The molecule has 1 saturated carbocycles. The topological polar surface area (TPSA) is 56.1 Å². The number of nitrogens with zero attached hydrogens (tertiary/aromatic N) is 2. The molecule has 1 aliphatic carbocycles. The van der Waals surface area contributed by atoms with Crippen LogP contribution in [0.25, 0.3) is 0 Å². The third-order valence-corrected chi connectivity index (χ3v) is 4.37. The molecule has 1 N–H and O–H groups in total. The average Bonchev–Trinajstić information content (AvgIpc) is 2.41. The molecule has 0 atom stereocenters. The first-order valence-electron chi connectivity index (χ1n) is 7.16.